The molecule has 78 valence electrons. The Balaban J connectivity index is 0. The normalized spacial score (nSPS) is 10.0. The minimum atomic E-state index is -0.833. The number of hydrazine groups is 1. The van der Waals surface area contributed by atoms with Crippen molar-refractivity contribution in [3.63, 3.8) is 0 Å². The standard InChI is InChI=1S/C5H14N4.C2H4O2/c1-3-8-5(6)9(7)4-2;1-2(3)4/h3-4,7H2,1-2H3,(H2,6,8);1H3,(H,3,4). The lowest BCUT2D eigenvalue weighted by Gasteiger charge is -2.13. The lowest BCUT2D eigenvalue weighted by atomic mass is 10.7. The lowest BCUT2D eigenvalue weighted by Crippen LogP contribution is -2.42. The number of hydrogen-bond acceptors (Lipinski definition) is 3. The Hall–Kier alpha value is -1.30. The van der Waals surface area contributed by atoms with E-state index in [1.807, 2.05) is 13.8 Å². The minimum absolute atomic E-state index is 0.403. The van der Waals surface area contributed by atoms with E-state index in [0.29, 0.717) is 19.0 Å². The number of aliphatic carboxylic acids is 1. The molecule has 0 aliphatic rings. The molecule has 0 aromatic carbocycles. The Labute approximate surface area is 78.2 Å². The van der Waals surface area contributed by atoms with E-state index in [2.05, 4.69) is 4.99 Å². The highest BCUT2D eigenvalue weighted by molar-refractivity contribution is 5.77. The molecule has 0 rings (SSSR count). The van der Waals surface area contributed by atoms with Crippen LogP contribution in [-0.4, -0.2) is 35.1 Å². The SMILES string of the molecule is CC(=O)O.CCN=C(N)N(N)CC. The number of hydrogen-bond donors (Lipinski definition) is 3. The van der Waals surface area contributed by atoms with Gasteiger partial charge in [-0.25, -0.2) is 5.84 Å². The molecule has 0 unspecified atom stereocenters. The fourth-order valence-corrected chi connectivity index (χ4v) is 0.415. The fraction of sp³-hybridized carbons (Fsp3) is 0.714. The summed E-state index contributed by atoms with van der Waals surface area (Å²) >= 11 is 0. The van der Waals surface area contributed by atoms with Gasteiger partial charge in [-0.3, -0.25) is 14.8 Å². The molecule has 0 aromatic rings. The average Bonchev–Trinajstić information content (AvgIpc) is 2.02. The summed E-state index contributed by atoms with van der Waals surface area (Å²) in [4.78, 5) is 12.9. The molecule has 13 heavy (non-hydrogen) atoms. The Morgan fingerprint density at radius 3 is 2.15 bits per heavy atom. The first kappa shape index (κ1) is 14.2. The number of carboxylic acids is 1. The van der Waals surface area contributed by atoms with E-state index in [1.165, 1.54) is 5.01 Å². The third-order valence-electron chi connectivity index (χ3n) is 0.955. The van der Waals surface area contributed by atoms with Crippen LogP contribution in [0.5, 0.6) is 0 Å². The molecule has 0 atom stereocenters. The quantitative estimate of drug-likeness (QED) is 0.238. The van der Waals surface area contributed by atoms with E-state index < -0.39 is 5.97 Å². The van der Waals surface area contributed by atoms with E-state index in [-0.39, 0.29) is 0 Å². The number of carboxylic acid groups (broad SMARTS) is 1. The number of guanidine groups is 1. The zero-order valence-electron chi connectivity index (χ0n) is 8.32. The smallest absolute Gasteiger partial charge is 0.300 e. The lowest BCUT2D eigenvalue weighted by molar-refractivity contribution is -0.134. The zero-order chi connectivity index (χ0) is 10.9. The summed E-state index contributed by atoms with van der Waals surface area (Å²) in [5.41, 5.74) is 5.39. The predicted octanol–water partition coefficient (Wildman–Crippen LogP) is -0.392. The van der Waals surface area contributed by atoms with Crippen LogP contribution in [0, 0.1) is 0 Å². The molecular formula is C7H18N4O2. The molecule has 6 nitrogen and oxygen atoms in total. The number of aliphatic imine (C=N–C) groups is 1. The largest absolute Gasteiger partial charge is 0.481 e. The number of carbonyl (C=O) groups is 1. The van der Waals surface area contributed by atoms with Crippen LogP contribution < -0.4 is 11.6 Å². The van der Waals surface area contributed by atoms with E-state index >= 15 is 0 Å². The first-order valence-electron chi connectivity index (χ1n) is 3.97. The van der Waals surface area contributed by atoms with Crippen molar-refractivity contribution in [3.05, 3.63) is 0 Å². The summed E-state index contributed by atoms with van der Waals surface area (Å²) in [6, 6.07) is 0. The second kappa shape index (κ2) is 8.79. The van der Waals surface area contributed by atoms with Crippen LogP contribution in [0.1, 0.15) is 20.8 Å². The van der Waals surface area contributed by atoms with Gasteiger partial charge in [-0.1, -0.05) is 0 Å². The molecule has 6 heteroatoms. The van der Waals surface area contributed by atoms with E-state index in [1.54, 1.807) is 0 Å². The maximum absolute atomic E-state index is 9.00. The molecule has 0 amide bonds. The maximum Gasteiger partial charge on any atom is 0.300 e. The van der Waals surface area contributed by atoms with E-state index in [0.717, 1.165) is 6.92 Å². The maximum atomic E-state index is 9.00. The summed E-state index contributed by atoms with van der Waals surface area (Å²) in [6.45, 7) is 6.28. The molecule has 0 saturated heterocycles. The molecule has 0 aliphatic carbocycles. The van der Waals surface area contributed by atoms with Gasteiger partial charge in [0, 0.05) is 20.0 Å². The number of nitrogens with zero attached hydrogens (tertiary/aromatic N) is 2. The van der Waals surface area contributed by atoms with Crippen LogP contribution in [0.15, 0.2) is 4.99 Å². The second-order valence-corrected chi connectivity index (χ2v) is 2.14. The van der Waals surface area contributed by atoms with Gasteiger partial charge in [-0.05, 0) is 13.8 Å². The van der Waals surface area contributed by atoms with Crippen molar-refractivity contribution < 1.29 is 9.90 Å². The molecule has 0 fully saturated rings. The molecule has 0 heterocycles. The highest BCUT2D eigenvalue weighted by Crippen LogP contribution is 1.75. The first-order chi connectivity index (χ1) is 5.95. The first-order valence-corrected chi connectivity index (χ1v) is 3.97. The summed E-state index contributed by atoms with van der Waals surface area (Å²) in [5.74, 6) is 4.95. The zero-order valence-corrected chi connectivity index (χ0v) is 8.32. The molecule has 0 spiro atoms. The molecule has 0 aromatic heterocycles. The highest BCUT2D eigenvalue weighted by Gasteiger charge is 1.94. The molecule has 0 bridgehead atoms. The third kappa shape index (κ3) is 13.7. The van der Waals surface area contributed by atoms with Gasteiger partial charge in [0.15, 0.2) is 0 Å². The molecule has 0 aliphatic heterocycles. The van der Waals surface area contributed by atoms with E-state index in [9.17, 15) is 0 Å². The van der Waals surface area contributed by atoms with Crippen molar-refractivity contribution >= 4 is 11.9 Å². The Kier molecular flexibility index (Phi) is 9.63. The monoisotopic (exact) mass is 190 g/mol. The van der Waals surface area contributed by atoms with Crippen molar-refractivity contribution in [2.24, 2.45) is 16.6 Å². The summed E-state index contributed by atoms with van der Waals surface area (Å²) in [6.07, 6.45) is 0. The van der Waals surface area contributed by atoms with Gasteiger partial charge in [-0.2, -0.15) is 0 Å². The Morgan fingerprint density at radius 2 is 1.92 bits per heavy atom. The summed E-state index contributed by atoms with van der Waals surface area (Å²) in [7, 11) is 0. The average molecular weight is 190 g/mol. The van der Waals surface area contributed by atoms with Crippen LogP contribution in [0.2, 0.25) is 0 Å². The van der Waals surface area contributed by atoms with Gasteiger partial charge in [0.2, 0.25) is 5.96 Å². The Morgan fingerprint density at radius 1 is 1.54 bits per heavy atom. The number of nitrogens with two attached hydrogens (primary N) is 2. The summed E-state index contributed by atoms with van der Waals surface area (Å²) < 4.78 is 0. The van der Waals surface area contributed by atoms with Crippen LogP contribution in [-0.2, 0) is 4.79 Å². The van der Waals surface area contributed by atoms with Gasteiger partial charge in [0.05, 0.1) is 0 Å². The van der Waals surface area contributed by atoms with Gasteiger partial charge in [0.1, 0.15) is 0 Å². The van der Waals surface area contributed by atoms with Crippen molar-refractivity contribution in [1.82, 2.24) is 5.01 Å². The van der Waals surface area contributed by atoms with Gasteiger partial charge in [0.25, 0.3) is 5.97 Å². The molecule has 0 saturated carbocycles. The molecule has 5 N–H and O–H groups in total. The van der Waals surface area contributed by atoms with Crippen molar-refractivity contribution in [2.75, 3.05) is 13.1 Å². The molecular weight excluding hydrogens is 172 g/mol. The van der Waals surface area contributed by atoms with Crippen molar-refractivity contribution in [2.45, 2.75) is 20.8 Å². The van der Waals surface area contributed by atoms with Gasteiger partial charge in [-0.15, -0.1) is 0 Å². The topological polar surface area (TPSA) is 105 Å². The van der Waals surface area contributed by atoms with Crippen LogP contribution in [0.4, 0.5) is 0 Å². The molecule has 0 radical (unpaired) electrons. The van der Waals surface area contributed by atoms with Crippen LogP contribution >= 0.6 is 0 Å². The predicted molar refractivity (Wildman–Crippen MR) is 52.0 cm³/mol. The minimum Gasteiger partial charge on any atom is -0.481 e. The van der Waals surface area contributed by atoms with Crippen molar-refractivity contribution in [3.8, 4) is 0 Å². The highest BCUT2D eigenvalue weighted by atomic mass is 16.4. The van der Waals surface area contributed by atoms with Gasteiger partial charge >= 0.3 is 0 Å². The summed E-state index contributed by atoms with van der Waals surface area (Å²) in [5, 5.41) is 8.82. The Bertz CT molecular complexity index is 166. The van der Waals surface area contributed by atoms with Crippen molar-refractivity contribution in [1.29, 1.82) is 0 Å². The third-order valence-corrected chi connectivity index (χ3v) is 0.955. The fourth-order valence-electron chi connectivity index (χ4n) is 0.415. The van der Waals surface area contributed by atoms with E-state index in [4.69, 9.17) is 21.5 Å². The number of rotatable bonds is 2. The van der Waals surface area contributed by atoms with Crippen LogP contribution in [0.3, 0.4) is 0 Å². The van der Waals surface area contributed by atoms with Gasteiger partial charge < -0.3 is 10.8 Å². The second-order valence-electron chi connectivity index (χ2n) is 2.14. The van der Waals surface area contributed by atoms with Crippen LogP contribution in [0.25, 0.3) is 0 Å².